The molecule has 0 radical (unpaired) electrons. The van der Waals surface area contributed by atoms with E-state index in [-0.39, 0.29) is 5.54 Å². The van der Waals surface area contributed by atoms with Gasteiger partial charge in [0.15, 0.2) is 0 Å². The zero-order valence-electron chi connectivity index (χ0n) is 11.6. The van der Waals surface area contributed by atoms with Gasteiger partial charge in [-0.05, 0) is 39.0 Å². The minimum atomic E-state index is 0.0703. The van der Waals surface area contributed by atoms with Crippen molar-refractivity contribution in [3.8, 4) is 11.6 Å². The average Bonchev–Trinajstić information content (AvgIpc) is 2.38. The molecule has 1 aromatic carbocycles. The summed E-state index contributed by atoms with van der Waals surface area (Å²) in [6, 6.07) is 13.3. The van der Waals surface area contributed by atoms with Gasteiger partial charge in [-0.25, -0.2) is 0 Å². The van der Waals surface area contributed by atoms with Crippen molar-refractivity contribution in [2.24, 2.45) is 0 Å². The molecule has 19 heavy (non-hydrogen) atoms. The number of ether oxygens (including phenoxy) is 1. The Morgan fingerprint density at radius 2 is 1.74 bits per heavy atom. The van der Waals surface area contributed by atoms with Gasteiger partial charge >= 0.3 is 0 Å². The van der Waals surface area contributed by atoms with Crippen molar-refractivity contribution in [2.45, 2.75) is 32.9 Å². The van der Waals surface area contributed by atoms with Crippen LogP contribution in [0.2, 0.25) is 0 Å². The summed E-state index contributed by atoms with van der Waals surface area (Å²) in [5.74, 6) is 1.27. The number of hydrogen-bond acceptors (Lipinski definition) is 4. The quantitative estimate of drug-likeness (QED) is 0.914. The van der Waals surface area contributed by atoms with Crippen molar-refractivity contribution in [1.82, 2.24) is 15.5 Å². The minimum absolute atomic E-state index is 0.0703. The largest absolute Gasteiger partial charge is 0.438 e. The second-order valence-electron chi connectivity index (χ2n) is 5.38. The Balaban J connectivity index is 1.95. The van der Waals surface area contributed by atoms with Crippen LogP contribution in [-0.4, -0.2) is 15.7 Å². The molecule has 0 fully saturated rings. The molecule has 1 aromatic heterocycles. The van der Waals surface area contributed by atoms with Crippen molar-refractivity contribution in [1.29, 1.82) is 0 Å². The number of benzene rings is 1. The molecule has 2 rings (SSSR count). The van der Waals surface area contributed by atoms with Crippen LogP contribution in [0.15, 0.2) is 42.5 Å². The van der Waals surface area contributed by atoms with Gasteiger partial charge in [-0.1, -0.05) is 18.2 Å². The molecule has 0 aliphatic rings. The van der Waals surface area contributed by atoms with Gasteiger partial charge in [-0.3, -0.25) is 0 Å². The molecular weight excluding hydrogens is 238 g/mol. The number of nitrogens with one attached hydrogen (secondary N) is 1. The first-order valence-electron chi connectivity index (χ1n) is 6.33. The lowest BCUT2D eigenvalue weighted by Crippen LogP contribution is -2.35. The smallest absolute Gasteiger partial charge is 0.238 e. The zero-order valence-corrected chi connectivity index (χ0v) is 11.6. The van der Waals surface area contributed by atoms with Crippen LogP contribution in [0, 0.1) is 0 Å². The third-order valence-electron chi connectivity index (χ3n) is 2.46. The molecule has 0 saturated heterocycles. The first kappa shape index (κ1) is 13.5. The highest BCUT2D eigenvalue weighted by atomic mass is 16.5. The summed E-state index contributed by atoms with van der Waals surface area (Å²) in [4.78, 5) is 0. The summed E-state index contributed by atoms with van der Waals surface area (Å²) < 4.78 is 5.58. The fourth-order valence-corrected chi connectivity index (χ4v) is 1.46. The average molecular weight is 257 g/mol. The molecule has 100 valence electrons. The molecule has 1 N–H and O–H groups in total. The van der Waals surface area contributed by atoms with Crippen molar-refractivity contribution in [3.05, 3.63) is 48.2 Å². The summed E-state index contributed by atoms with van der Waals surface area (Å²) in [7, 11) is 0. The first-order chi connectivity index (χ1) is 9.03. The maximum Gasteiger partial charge on any atom is 0.238 e. The number of aromatic nitrogens is 2. The van der Waals surface area contributed by atoms with Crippen LogP contribution in [-0.2, 0) is 6.54 Å². The lowest BCUT2D eigenvalue weighted by Gasteiger charge is -2.19. The molecule has 0 atom stereocenters. The van der Waals surface area contributed by atoms with Gasteiger partial charge in [0.1, 0.15) is 5.75 Å². The number of hydrogen-bond donors (Lipinski definition) is 1. The third kappa shape index (κ3) is 4.67. The topological polar surface area (TPSA) is 47.0 Å². The first-order valence-corrected chi connectivity index (χ1v) is 6.33. The Morgan fingerprint density at radius 1 is 1.00 bits per heavy atom. The fourth-order valence-electron chi connectivity index (χ4n) is 1.46. The van der Waals surface area contributed by atoms with Crippen LogP contribution >= 0.6 is 0 Å². The standard InChI is InChI=1S/C15H19N3O/c1-15(2,3)16-11-12-9-10-14(18-17-12)19-13-7-5-4-6-8-13/h4-10,16H,11H2,1-3H3. The Hall–Kier alpha value is -1.94. The van der Waals surface area contributed by atoms with Gasteiger partial charge in [0, 0.05) is 18.2 Å². The third-order valence-corrected chi connectivity index (χ3v) is 2.46. The highest BCUT2D eigenvalue weighted by molar-refractivity contribution is 5.26. The Kier molecular flexibility index (Phi) is 4.12. The van der Waals surface area contributed by atoms with Crippen molar-refractivity contribution in [3.63, 3.8) is 0 Å². The molecule has 4 heteroatoms. The van der Waals surface area contributed by atoms with Crippen LogP contribution in [0.4, 0.5) is 0 Å². The van der Waals surface area contributed by atoms with Gasteiger partial charge < -0.3 is 10.1 Å². The van der Waals surface area contributed by atoms with Crippen molar-refractivity contribution in [2.75, 3.05) is 0 Å². The van der Waals surface area contributed by atoms with E-state index in [0.29, 0.717) is 12.4 Å². The number of para-hydroxylation sites is 1. The van der Waals surface area contributed by atoms with Crippen LogP contribution in [0.5, 0.6) is 11.6 Å². The van der Waals surface area contributed by atoms with Crippen LogP contribution in [0.25, 0.3) is 0 Å². The van der Waals surface area contributed by atoms with E-state index in [4.69, 9.17) is 4.74 Å². The van der Waals surface area contributed by atoms with Crippen LogP contribution < -0.4 is 10.1 Å². The van der Waals surface area contributed by atoms with Crippen molar-refractivity contribution >= 4 is 0 Å². The Bertz CT molecular complexity index is 503. The van der Waals surface area contributed by atoms with E-state index in [1.165, 1.54) is 0 Å². The maximum absolute atomic E-state index is 5.58. The van der Waals surface area contributed by atoms with Gasteiger partial charge in [-0.15, -0.1) is 5.10 Å². The second kappa shape index (κ2) is 5.80. The van der Waals surface area contributed by atoms with Gasteiger partial charge in [0.2, 0.25) is 5.88 Å². The number of rotatable bonds is 4. The van der Waals surface area contributed by atoms with Gasteiger partial charge in [0.25, 0.3) is 0 Å². The van der Waals surface area contributed by atoms with E-state index >= 15 is 0 Å². The minimum Gasteiger partial charge on any atom is -0.438 e. The van der Waals surface area contributed by atoms with Gasteiger partial charge in [-0.2, -0.15) is 5.10 Å². The molecule has 0 unspecified atom stereocenters. The molecule has 0 bridgehead atoms. The highest BCUT2D eigenvalue weighted by Gasteiger charge is 2.09. The molecule has 0 aliphatic carbocycles. The van der Waals surface area contributed by atoms with Crippen molar-refractivity contribution < 1.29 is 4.74 Å². The second-order valence-corrected chi connectivity index (χ2v) is 5.38. The van der Waals surface area contributed by atoms with Crippen LogP contribution in [0.3, 0.4) is 0 Å². The zero-order chi connectivity index (χ0) is 13.7. The highest BCUT2D eigenvalue weighted by Crippen LogP contribution is 2.17. The summed E-state index contributed by atoms with van der Waals surface area (Å²) >= 11 is 0. The molecule has 0 amide bonds. The summed E-state index contributed by atoms with van der Waals surface area (Å²) in [6.45, 7) is 7.05. The molecule has 0 saturated carbocycles. The van der Waals surface area contributed by atoms with E-state index in [9.17, 15) is 0 Å². The molecule has 4 nitrogen and oxygen atoms in total. The number of nitrogens with zero attached hydrogens (tertiary/aromatic N) is 2. The predicted molar refractivity (Wildman–Crippen MR) is 75.1 cm³/mol. The summed E-state index contributed by atoms with van der Waals surface area (Å²) in [6.07, 6.45) is 0. The van der Waals surface area contributed by atoms with E-state index in [1.54, 1.807) is 0 Å². The molecule has 0 aliphatic heterocycles. The Morgan fingerprint density at radius 3 is 2.32 bits per heavy atom. The van der Waals surface area contributed by atoms with E-state index in [1.807, 2.05) is 42.5 Å². The SMILES string of the molecule is CC(C)(C)NCc1ccc(Oc2ccccc2)nn1. The summed E-state index contributed by atoms with van der Waals surface area (Å²) in [5.41, 5.74) is 0.969. The molecule has 0 spiro atoms. The monoisotopic (exact) mass is 257 g/mol. The van der Waals surface area contributed by atoms with Gasteiger partial charge in [0.05, 0.1) is 5.69 Å². The predicted octanol–water partition coefficient (Wildman–Crippen LogP) is 3.16. The fraction of sp³-hybridized carbons (Fsp3) is 0.333. The molecule has 1 heterocycles. The molecule has 2 aromatic rings. The maximum atomic E-state index is 5.58. The van der Waals surface area contributed by atoms with E-state index < -0.39 is 0 Å². The van der Waals surface area contributed by atoms with Crippen LogP contribution in [0.1, 0.15) is 26.5 Å². The normalized spacial score (nSPS) is 11.3. The molecular formula is C15H19N3O. The Labute approximate surface area is 113 Å². The lowest BCUT2D eigenvalue weighted by atomic mass is 10.1. The van der Waals surface area contributed by atoms with E-state index in [0.717, 1.165) is 11.4 Å². The lowest BCUT2D eigenvalue weighted by molar-refractivity contribution is 0.416. The summed E-state index contributed by atoms with van der Waals surface area (Å²) in [5, 5.41) is 11.6. The van der Waals surface area contributed by atoms with E-state index in [2.05, 4.69) is 36.3 Å².